The Kier molecular flexibility index (Phi) is 2.91. The quantitative estimate of drug-likeness (QED) is 0.763. The molecule has 6 nitrogen and oxygen atoms in total. The summed E-state index contributed by atoms with van der Waals surface area (Å²) in [5.41, 5.74) is -0.446. The van der Waals surface area contributed by atoms with E-state index in [0.29, 0.717) is 18.3 Å². The standard InChI is InChI=1S/C10H16N4O2/c1-7-13-8(14-16-7)6-11-9(15)10(2)4-3-5-12-10/h12H,3-6H2,1-2H3,(H,11,15). The summed E-state index contributed by atoms with van der Waals surface area (Å²) in [6.45, 7) is 4.84. The minimum Gasteiger partial charge on any atom is -0.347 e. The molecule has 1 fully saturated rings. The molecule has 1 unspecified atom stereocenters. The third-order valence-electron chi connectivity index (χ3n) is 2.85. The van der Waals surface area contributed by atoms with Crippen LogP contribution in [-0.4, -0.2) is 28.1 Å². The number of carbonyl (C=O) groups excluding carboxylic acids is 1. The molecule has 1 aromatic heterocycles. The second-order valence-corrected chi connectivity index (χ2v) is 4.27. The Hall–Kier alpha value is -1.43. The lowest BCUT2D eigenvalue weighted by Gasteiger charge is -2.22. The summed E-state index contributed by atoms with van der Waals surface area (Å²) in [7, 11) is 0. The van der Waals surface area contributed by atoms with Crippen LogP contribution in [0.25, 0.3) is 0 Å². The summed E-state index contributed by atoms with van der Waals surface area (Å²) in [4.78, 5) is 15.9. The highest BCUT2D eigenvalue weighted by atomic mass is 16.5. The van der Waals surface area contributed by atoms with Gasteiger partial charge in [0.25, 0.3) is 0 Å². The van der Waals surface area contributed by atoms with Crippen LogP contribution < -0.4 is 10.6 Å². The number of carbonyl (C=O) groups is 1. The Labute approximate surface area is 93.8 Å². The molecular weight excluding hydrogens is 208 g/mol. The normalized spacial score (nSPS) is 24.6. The fourth-order valence-corrected chi connectivity index (χ4v) is 1.86. The number of aryl methyl sites for hydroxylation is 1. The number of amides is 1. The molecule has 1 aromatic rings. The van der Waals surface area contributed by atoms with Crippen molar-refractivity contribution in [2.45, 2.75) is 38.8 Å². The van der Waals surface area contributed by atoms with Crippen molar-refractivity contribution in [3.8, 4) is 0 Å². The predicted molar refractivity (Wildman–Crippen MR) is 56.5 cm³/mol. The molecule has 2 N–H and O–H groups in total. The van der Waals surface area contributed by atoms with E-state index in [2.05, 4.69) is 20.8 Å². The fourth-order valence-electron chi connectivity index (χ4n) is 1.86. The first-order valence-electron chi connectivity index (χ1n) is 5.43. The van der Waals surface area contributed by atoms with Crippen molar-refractivity contribution in [1.29, 1.82) is 0 Å². The maximum atomic E-state index is 11.9. The van der Waals surface area contributed by atoms with Crippen LogP contribution in [0.5, 0.6) is 0 Å². The minimum absolute atomic E-state index is 0.00699. The van der Waals surface area contributed by atoms with Gasteiger partial charge in [-0.3, -0.25) is 4.79 Å². The molecule has 6 heteroatoms. The van der Waals surface area contributed by atoms with Gasteiger partial charge in [-0.2, -0.15) is 4.98 Å². The molecule has 0 spiro atoms. The van der Waals surface area contributed by atoms with E-state index in [1.165, 1.54) is 0 Å². The Morgan fingerprint density at radius 2 is 2.50 bits per heavy atom. The summed E-state index contributed by atoms with van der Waals surface area (Å²) in [6, 6.07) is 0. The molecule has 88 valence electrons. The molecule has 0 bridgehead atoms. The number of hydrogen-bond donors (Lipinski definition) is 2. The van der Waals surface area contributed by atoms with Crippen LogP contribution in [0.1, 0.15) is 31.5 Å². The highest BCUT2D eigenvalue weighted by Gasteiger charge is 2.35. The van der Waals surface area contributed by atoms with Crippen LogP contribution in [0.15, 0.2) is 4.52 Å². The average Bonchev–Trinajstić information content (AvgIpc) is 2.85. The largest absolute Gasteiger partial charge is 0.347 e. The first kappa shape index (κ1) is 11.1. The molecule has 1 saturated heterocycles. The topological polar surface area (TPSA) is 80.0 Å². The number of aromatic nitrogens is 2. The van der Waals surface area contributed by atoms with E-state index in [4.69, 9.17) is 4.52 Å². The molecule has 1 atom stereocenters. The average molecular weight is 224 g/mol. The van der Waals surface area contributed by atoms with Crippen molar-refractivity contribution in [2.24, 2.45) is 0 Å². The van der Waals surface area contributed by atoms with Crippen LogP contribution in [0.4, 0.5) is 0 Å². The molecule has 1 aliphatic rings. The van der Waals surface area contributed by atoms with Crippen LogP contribution in [0.2, 0.25) is 0 Å². The first-order valence-corrected chi connectivity index (χ1v) is 5.43. The lowest BCUT2D eigenvalue weighted by atomic mass is 9.99. The molecule has 16 heavy (non-hydrogen) atoms. The Bertz CT molecular complexity index is 382. The Balaban J connectivity index is 1.88. The molecule has 1 amide bonds. The third-order valence-corrected chi connectivity index (χ3v) is 2.85. The summed E-state index contributed by atoms with van der Waals surface area (Å²) < 4.78 is 4.82. The lowest BCUT2D eigenvalue weighted by molar-refractivity contribution is -0.126. The van der Waals surface area contributed by atoms with Gasteiger partial charge >= 0.3 is 0 Å². The highest BCUT2D eigenvalue weighted by Crippen LogP contribution is 2.18. The maximum Gasteiger partial charge on any atom is 0.240 e. The molecule has 0 aliphatic carbocycles. The van der Waals surface area contributed by atoms with Gasteiger partial charge < -0.3 is 15.2 Å². The van der Waals surface area contributed by atoms with E-state index in [9.17, 15) is 4.79 Å². The van der Waals surface area contributed by atoms with Crippen molar-refractivity contribution in [1.82, 2.24) is 20.8 Å². The van der Waals surface area contributed by atoms with E-state index in [0.717, 1.165) is 19.4 Å². The van der Waals surface area contributed by atoms with E-state index in [1.54, 1.807) is 6.92 Å². The van der Waals surface area contributed by atoms with Gasteiger partial charge in [0.05, 0.1) is 12.1 Å². The molecule has 2 rings (SSSR count). The lowest BCUT2D eigenvalue weighted by Crippen LogP contribution is -2.50. The van der Waals surface area contributed by atoms with Gasteiger partial charge in [-0.05, 0) is 26.3 Å². The Morgan fingerprint density at radius 3 is 3.06 bits per heavy atom. The van der Waals surface area contributed by atoms with Crippen molar-refractivity contribution >= 4 is 5.91 Å². The van der Waals surface area contributed by atoms with Crippen LogP contribution >= 0.6 is 0 Å². The van der Waals surface area contributed by atoms with Crippen LogP contribution in [0.3, 0.4) is 0 Å². The van der Waals surface area contributed by atoms with Gasteiger partial charge in [0, 0.05) is 6.92 Å². The number of hydrogen-bond acceptors (Lipinski definition) is 5. The summed E-state index contributed by atoms with van der Waals surface area (Å²) in [5, 5.41) is 9.72. The number of nitrogens with one attached hydrogen (secondary N) is 2. The molecule has 0 aromatic carbocycles. The minimum atomic E-state index is -0.446. The van der Waals surface area contributed by atoms with Gasteiger partial charge in [0.1, 0.15) is 0 Å². The number of nitrogens with zero attached hydrogens (tertiary/aromatic N) is 2. The van der Waals surface area contributed by atoms with Gasteiger partial charge in [-0.25, -0.2) is 0 Å². The van der Waals surface area contributed by atoms with E-state index in [-0.39, 0.29) is 5.91 Å². The first-order chi connectivity index (χ1) is 7.60. The number of rotatable bonds is 3. The SMILES string of the molecule is Cc1nc(CNC(=O)C2(C)CCCN2)no1. The molecule has 1 aliphatic heterocycles. The van der Waals surface area contributed by atoms with E-state index >= 15 is 0 Å². The third kappa shape index (κ3) is 2.21. The van der Waals surface area contributed by atoms with E-state index < -0.39 is 5.54 Å². The molecule has 0 radical (unpaired) electrons. The van der Waals surface area contributed by atoms with Crippen LogP contribution in [-0.2, 0) is 11.3 Å². The van der Waals surface area contributed by atoms with Gasteiger partial charge in [0.15, 0.2) is 5.82 Å². The van der Waals surface area contributed by atoms with Crippen LogP contribution in [0, 0.1) is 6.92 Å². The maximum absolute atomic E-state index is 11.9. The monoisotopic (exact) mass is 224 g/mol. The summed E-state index contributed by atoms with van der Waals surface area (Å²) >= 11 is 0. The zero-order valence-corrected chi connectivity index (χ0v) is 9.54. The zero-order valence-electron chi connectivity index (χ0n) is 9.54. The summed E-state index contributed by atoms with van der Waals surface area (Å²) in [5.74, 6) is 1.01. The van der Waals surface area contributed by atoms with E-state index in [1.807, 2.05) is 6.92 Å². The van der Waals surface area contributed by atoms with Gasteiger partial charge in [-0.1, -0.05) is 5.16 Å². The van der Waals surface area contributed by atoms with Gasteiger partial charge in [-0.15, -0.1) is 0 Å². The molecule has 0 saturated carbocycles. The van der Waals surface area contributed by atoms with Gasteiger partial charge in [0.2, 0.25) is 11.8 Å². The van der Waals surface area contributed by atoms with Crippen molar-refractivity contribution in [3.05, 3.63) is 11.7 Å². The second-order valence-electron chi connectivity index (χ2n) is 4.27. The predicted octanol–water partition coefficient (Wildman–Crippen LogP) is 0.136. The summed E-state index contributed by atoms with van der Waals surface area (Å²) in [6.07, 6.45) is 1.90. The second kappa shape index (κ2) is 4.21. The smallest absolute Gasteiger partial charge is 0.240 e. The highest BCUT2D eigenvalue weighted by molar-refractivity contribution is 5.86. The van der Waals surface area contributed by atoms with Crippen molar-refractivity contribution in [2.75, 3.05) is 6.54 Å². The zero-order chi connectivity index (χ0) is 11.6. The fraction of sp³-hybridized carbons (Fsp3) is 0.700. The molecule has 2 heterocycles. The van der Waals surface area contributed by atoms with Crippen molar-refractivity contribution < 1.29 is 9.32 Å². The molecular formula is C10H16N4O2. The Morgan fingerprint density at radius 1 is 1.69 bits per heavy atom. The van der Waals surface area contributed by atoms with Crippen molar-refractivity contribution in [3.63, 3.8) is 0 Å².